The Morgan fingerprint density at radius 2 is 0.914 bits per heavy atom. The third-order valence-electron chi connectivity index (χ3n) is 13.5. The summed E-state index contributed by atoms with van der Waals surface area (Å²) in [4.78, 5) is 7.14. The second kappa shape index (κ2) is 23.6. The van der Waals surface area contributed by atoms with Crippen molar-refractivity contribution in [3.63, 3.8) is 0 Å². The van der Waals surface area contributed by atoms with Crippen molar-refractivity contribution >= 4 is 11.4 Å². The molecule has 0 fully saturated rings. The van der Waals surface area contributed by atoms with E-state index in [2.05, 4.69) is 242 Å². The van der Waals surface area contributed by atoms with E-state index >= 15 is 0 Å². The molecule has 0 radical (unpaired) electrons. The average molecular weight is 922 g/mol. The molecular weight excluding hydrogens is 847 g/mol. The van der Waals surface area contributed by atoms with Crippen LogP contribution in [0, 0.1) is 0 Å². The van der Waals surface area contributed by atoms with Crippen LogP contribution in [0.25, 0.3) is 45.0 Å². The third-order valence-corrected chi connectivity index (χ3v) is 13.5. The summed E-state index contributed by atoms with van der Waals surface area (Å²) in [6.45, 7) is 31.2. The maximum Gasteiger partial charge on any atom is 0.144 e. The van der Waals surface area contributed by atoms with E-state index in [1.165, 1.54) is 78.1 Å². The predicted octanol–water partition coefficient (Wildman–Crippen LogP) is 18.6. The Morgan fingerprint density at radius 3 is 1.36 bits per heavy atom. The molecule has 358 valence electrons. The maximum absolute atomic E-state index is 4.93. The van der Waals surface area contributed by atoms with Crippen LogP contribution in [0.2, 0.25) is 0 Å². The molecule has 0 aliphatic carbocycles. The zero-order valence-electron chi connectivity index (χ0n) is 43.6. The van der Waals surface area contributed by atoms with Crippen LogP contribution < -0.4 is 4.90 Å². The number of anilines is 1. The maximum atomic E-state index is 4.93. The summed E-state index contributed by atoms with van der Waals surface area (Å²) in [7, 11) is 0. The Bertz CT molecular complexity index is 2910. The third kappa shape index (κ3) is 11.7. The lowest BCUT2D eigenvalue weighted by Gasteiger charge is -2.31. The van der Waals surface area contributed by atoms with Crippen LogP contribution in [-0.2, 0) is 25.7 Å². The Morgan fingerprint density at radius 1 is 0.486 bits per heavy atom. The van der Waals surface area contributed by atoms with Crippen molar-refractivity contribution in [3.8, 4) is 39.3 Å². The fraction of sp³-hybridized carbons (Fsp3) is 0.269. The van der Waals surface area contributed by atoms with Crippen molar-refractivity contribution < 1.29 is 0 Å². The second-order valence-electron chi connectivity index (χ2n) is 19.7. The minimum absolute atomic E-state index is 0.323. The van der Waals surface area contributed by atoms with E-state index in [0.29, 0.717) is 23.7 Å². The van der Waals surface area contributed by atoms with Gasteiger partial charge in [-0.05, 0) is 146 Å². The van der Waals surface area contributed by atoms with E-state index < -0.39 is 0 Å². The van der Waals surface area contributed by atoms with Gasteiger partial charge in [-0.15, -0.1) is 0 Å². The molecule has 0 N–H and O–H groups in total. The molecule has 8 aromatic rings. The summed E-state index contributed by atoms with van der Waals surface area (Å²) in [6.07, 6.45) is 9.95. The number of hydrogen-bond donors (Lipinski definition) is 0. The molecule has 0 spiro atoms. The Kier molecular flexibility index (Phi) is 17.1. The van der Waals surface area contributed by atoms with Gasteiger partial charge in [0.1, 0.15) is 5.82 Å². The van der Waals surface area contributed by atoms with E-state index in [1.54, 1.807) is 0 Å². The van der Waals surface area contributed by atoms with Crippen LogP contribution in [0.4, 0.5) is 5.69 Å². The summed E-state index contributed by atoms with van der Waals surface area (Å²) < 4.78 is 2.32. The van der Waals surface area contributed by atoms with Gasteiger partial charge in [0.15, 0.2) is 0 Å². The van der Waals surface area contributed by atoms with E-state index in [1.807, 2.05) is 26.2 Å². The molecule has 1 heterocycles. The van der Waals surface area contributed by atoms with Gasteiger partial charge in [-0.25, -0.2) is 4.98 Å². The highest BCUT2D eigenvalue weighted by atomic mass is 15.1. The zero-order valence-corrected chi connectivity index (χ0v) is 43.6. The first-order valence-corrected chi connectivity index (χ1v) is 25.8. The molecular formula is C67H75N3. The molecule has 0 aliphatic heterocycles. The molecule has 70 heavy (non-hydrogen) atoms. The zero-order chi connectivity index (χ0) is 49.9. The molecule has 1 aromatic heterocycles. The topological polar surface area (TPSA) is 21.1 Å². The fourth-order valence-corrected chi connectivity index (χ4v) is 9.65. The second-order valence-corrected chi connectivity index (χ2v) is 19.7. The number of aromatic nitrogens is 2. The largest absolute Gasteiger partial charge is 0.317 e. The first kappa shape index (κ1) is 50.9. The van der Waals surface area contributed by atoms with Crippen LogP contribution in [-0.4, -0.2) is 9.55 Å². The fourth-order valence-electron chi connectivity index (χ4n) is 9.65. The van der Waals surface area contributed by atoms with Crippen LogP contribution in [0.15, 0.2) is 189 Å². The standard InChI is InChI=1S/C65H69N3.C2H6/c1-11-67(63-59(44(2)3)40-57(41-60(63)45(4)5)54-21-14-12-15-22-54)48(10)53-33-29-49(30-34-53)25-27-51-19-18-20-52(39-51)28-26-50-31-35-56(36-32-50)65-66-37-38-68(65)64-61(46(6)7)42-58(43-62(64)47(8)9)55-23-16-13-17-24-55;1-2/h11-24,29-47H,1,10,25-28H2,2-9H3;1-2H3. The monoisotopic (exact) mass is 922 g/mol. The number of nitrogens with zero attached hydrogens (tertiary/aromatic N) is 3. The van der Waals surface area contributed by atoms with E-state index in [4.69, 9.17) is 4.98 Å². The number of aryl methyl sites for hydroxylation is 4. The molecule has 0 saturated carbocycles. The van der Waals surface area contributed by atoms with Gasteiger partial charge in [0.25, 0.3) is 0 Å². The summed E-state index contributed by atoms with van der Waals surface area (Å²) in [6, 6.07) is 58.1. The molecule has 0 aliphatic rings. The Hall–Kier alpha value is -6.97. The van der Waals surface area contributed by atoms with Crippen molar-refractivity contribution in [2.24, 2.45) is 0 Å². The van der Waals surface area contributed by atoms with Gasteiger partial charge >= 0.3 is 0 Å². The van der Waals surface area contributed by atoms with Crippen LogP contribution >= 0.6 is 0 Å². The van der Waals surface area contributed by atoms with Gasteiger partial charge in [0.2, 0.25) is 0 Å². The normalized spacial score (nSPS) is 11.3. The highest BCUT2D eigenvalue weighted by molar-refractivity contribution is 5.85. The molecule has 0 amide bonds. The van der Waals surface area contributed by atoms with Gasteiger partial charge in [-0.1, -0.05) is 216 Å². The Labute approximate surface area is 421 Å². The van der Waals surface area contributed by atoms with Crippen molar-refractivity contribution in [2.75, 3.05) is 4.90 Å². The van der Waals surface area contributed by atoms with Gasteiger partial charge in [0.05, 0.1) is 11.4 Å². The predicted molar refractivity (Wildman–Crippen MR) is 303 cm³/mol. The van der Waals surface area contributed by atoms with Crippen molar-refractivity contribution in [1.29, 1.82) is 0 Å². The molecule has 0 unspecified atom stereocenters. The van der Waals surface area contributed by atoms with E-state index in [-0.39, 0.29) is 0 Å². The lowest BCUT2D eigenvalue weighted by Crippen LogP contribution is -2.18. The molecule has 0 bridgehead atoms. The minimum Gasteiger partial charge on any atom is -0.317 e. The van der Waals surface area contributed by atoms with Crippen molar-refractivity contribution in [2.45, 2.75) is 119 Å². The molecule has 7 aromatic carbocycles. The molecule has 0 saturated heterocycles. The summed E-state index contributed by atoms with van der Waals surface area (Å²) >= 11 is 0. The van der Waals surface area contributed by atoms with Crippen molar-refractivity contribution in [3.05, 3.63) is 240 Å². The van der Waals surface area contributed by atoms with Gasteiger partial charge in [-0.3, -0.25) is 4.57 Å². The lowest BCUT2D eigenvalue weighted by molar-refractivity contribution is 0.807. The summed E-state index contributed by atoms with van der Waals surface area (Å²) in [5.74, 6) is 2.32. The van der Waals surface area contributed by atoms with Crippen molar-refractivity contribution in [1.82, 2.24) is 9.55 Å². The lowest BCUT2D eigenvalue weighted by atomic mass is 9.87. The molecule has 3 heteroatoms. The highest BCUT2D eigenvalue weighted by Gasteiger charge is 2.24. The molecule has 8 rings (SSSR count). The Balaban J connectivity index is 0.00000356. The quantitative estimate of drug-likeness (QED) is 0.0855. The highest BCUT2D eigenvalue weighted by Crippen LogP contribution is 2.43. The van der Waals surface area contributed by atoms with Gasteiger partial charge in [0, 0.05) is 29.9 Å². The van der Waals surface area contributed by atoms with Gasteiger partial charge in [-0.2, -0.15) is 0 Å². The first-order chi connectivity index (χ1) is 33.9. The minimum atomic E-state index is 0.323. The van der Waals surface area contributed by atoms with E-state index in [9.17, 15) is 0 Å². The number of hydrogen-bond acceptors (Lipinski definition) is 2. The average Bonchev–Trinajstić information content (AvgIpc) is 3.88. The molecule has 3 nitrogen and oxygen atoms in total. The summed E-state index contributed by atoms with van der Waals surface area (Å²) in [5.41, 5.74) is 21.3. The van der Waals surface area contributed by atoms with Crippen LogP contribution in [0.5, 0.6) is 0 Å². The SMILES string of the molecule is C=CN(C(=C)c1ccc(CCc2cccc(CCc3ccc(-c4nccn4-c4c(C(C)C)cc(-c5ccccc5)cc4C(C)C)cc3)c2)cc1)c1c(C(C)C)cc(-c2ccccc2)cc1C(C)C.CC. The van der Waals surface area contributed by atoms with Crippen LogP contribution in [0.3, 0.4) is 0 Å². The number of benzene rings is 7. The van der Waals surface area contributed by atoms with Gasteiger partial charge < -0.3 is 4.90 Å². The number of imidazole rings is 1. The van der Waals surface area contributed by atoms with E-state index in [0.717, 1.165) is 48.3 Å². The summed E-state index contributed by atoms with van der Waals surface area (Å²) in [5, 5.41) is 0. The first-order valence-electron chi connectivity index (χ1n) is 25.8. The number of rotatable bonds is 18. The van der Waals surface area contributed by atoms with Crippen LogP contribution in [0.1, 0.15) is 143 Å². The molecule has 0 atom stereocenters. The smallest absolute Gasteiger partial charge is 0.144 e.